The number of piperazine rings is 1. The van der Waals surface area contributed by atoms with Gasteiger partial charge in [0.2, 0.25) is 5.91 Å². The summed E-state index contributed by atoms with van der Waals surface area (Å²) in [5, 5.41) is 3.66. The van der Waals surface area contributed by atoms with Crippen LogP contribution in [-0.2, 0) is 14.6 Å². The molecule has 0 unspecified atom stereocenters. The Kier molecular flexibility index (Phi) is 7.54. The van der Waals surface area contributed by atoms with Gasteiger partial charge in [-0.15, -0.1) is 0 Å². The van der Waals surface area contributed by atoms with Gasteiger partial charge in [-0.3, -0.25) is 9.69 Å². The number of methoxy groups -OCH3 is 2. The van der Waals surface area contributed by atoms with Crippen LogP contribution in [-0.4, -0.2) is 83.4 Å². The van der Waals surface area contributed by atoms with Crippen LogP contribution in [0, 0.1) is 0 Å². The van der Waals surface area contributed by atoms with Crippen molar-refractivity contribution in [2.45, 2.75) is 4.90 Å². The molecule has 0 atom stereocenters. The first kappa shape index (κ1) is 24.2. The van der Waals surface area contributed by atoms with Crippen LogP contribution >= 0.6 is 11.3 Å². The second kappa shape index (κ2) is 10.6. The summed E-state index contributed by atoms with van der Waals surface area (Å²) >= 11 is 1.59. The van der Waals surface area contributed by atoms with E-state index >= 15 is 0 Å². The number of ether oxygens (including phenoxy) is 2. The van der Waals surface area contributed by atoms with E-state index in [0.29, 0.717) is 13.1 Å². The molecule has 2 aromatic carbocycles. The lowest BCUT2D eigenvalue weighted by molar-refractivity contribution is -0.118. The average molecular weight is 505 g/mol. The molecule has 1 amide bonds. The first-order valence-corrected chi connectivity index (χ1v) is 13.4. The summed E-state index contributed by atoms with van der Waals surface area (Å²) in [6, 6.07) is 11.8. The summed E-state index contributed by atoms with van der Waals surface area (Å²) in [6.45, 7) is 4.32. The molecule has 0 spiro atoms. The minimum Gasteiger partial charge on any atom is -0.495 e. The summed E-state index contributed by atoms with van der Waals surface area (Å²) in [4.78, 5) is 21.6. The molecular formula is C23H28N4O5S2. The molecule has 0 radical (unpaired) electrons. The number of sulfone groups is 1. The van der Waals surface area contributed by atoms with E-state index in [4.69, 9.17) is 14.5 Å². The van der Waals surface area contributed by atoms with Crippen LogP contribution in [0.2, 0.25) is 0 Å². The first-order valence-electron chi connectivity index (χ1n) is 10.9. The molecule has 2 heterocycles. The van der Waals surface area contributed by atoms with Gasteiger partial charge in [0.1, 0.15) is 27.5 Å². The standard InChI is InChI=1S/C23H28N4O5S2/c1-31-18-8-9-19(32-2)22-21(18)25-23(33-22)27-14-12-26(13-15-27)11-10-24-20(28)16-34(29,30)17-6-4-3-5-7-17/h3-9H,10-16H2,1-2H3,(H,24,28). The van der Waals surface area contributed by atoms with Gasteiger partial charge in [0, 0.05) is 39.3 Å². The fourth-order valence-electron chi connectivity index (χ4n) is 3.86. The number of fused-ring (bicyclic) bond motifs is 1. The Labute approximate surface area is 203 Å². The van der Waals surface area contributed by atoms with Crippen LogP contribution in [0.3, 0.4) is 0 Å². The number of nitrogens with zero attached hydrogens (tertiary/aromatic N) is 3. The third kappa shape index (κ3) is 5.43. The number of anilines is 1. The van der Waals surface area contributed by atoms with Gasteiger partial charge in [0.05, 0.1) is 19.1 Å². The number of thiazole rings is 1. The highest BCUT2D eigenvalue weighted by molar-refractivity contribution is 7.92. The molecule has 9 nitrogen and oxygen atoms in total. The lowest BCUT2D eigenvalue weighted by Gasteiger charge is -2.34. The summed E-state index contributed by atoms with van der Waals surface area (Å²) in [7, 11) is -0.348. The maximum Gasteiger partial charge on any atom is 0.235 e. The highest BCUT2D eigenvalue weighted by atomic mass is 32.2. The number of aromatic nitrogens is 1. The minimum absolute atomic E-state index is 0.159. The number of nitrogens with one attached hydrogen (secondary N) is 1. The Morgan fingerprint density at radius 1 is 1.03 bits per heavy atom. The predicted molar refractivity (Wildman–Crippen MR) is 133 cm³/mol. The van der Waals surface area contributed by atoms with Crippen LogP contribution in [0.4, 0.5) is 5.13 Å². The second-order valence-electron chi connectivity index (χ2n) is 7.90. The van der Waals surface area contributed by atoms with Crippen molar-refractivity contribution in [3.8, 4) is 11.5 Å². The van der Waals surface area contributed by atoms with Gasteiger partial charge >= 0.3 is 0 Å². The van der Waals surface area contributed by atoms with E-state index in [0.717, 1.165) is 53.0 Å². The highest BCUT2D eigenvalue weighted by Crippen LogP contribution is 2.40. The van der Waals surface area contributed by atoms with Gasteiger partial charge in [-0.1, -0.05) is 29.5 Å². The van der Waals surface area contributed by atoms with Gasteiger partial charge in [0.25, 0.3) is 0 Å². The molecule has 11 heteroatoms. The van der Waals surface area contributed by atoms with E-state index in [1.807, 2.05) is 12.1 Å². The number of benzene rings is 2. The molecule has 0 saturated carbocycles. The quantitative estimate of drug-likeness (QED) is 0.472. The molecule has 34 heavy (non-hydrogen) atoms. The topological polar surface area (TPSA) is 101 Å². The summed E-state index contributed by atoms with van der Waals surface area (Å²) in [6.07, 6.45) is 0. The summed E-state index contributed by atoms with van der Waals surface area (Å²) < 4.78 is 36.6. The van der Waals surface area contributed by atoms with Crippen LogP contribution in [0.25, 0.3) is 10.2 Å². The largest absolute Gasteiger partial charge is 0.495 e. The van der Waals surface area contributed by atoms with E-state index < -0.39 is 21.5 Å². The highest BCUT2D eigenvalue weighted by Gasteiger charge is 2.23. The molecule has 3 aromatic rings. The van der Waals surface area contributed by atoms with Crippen molar-refractivity contribution < 1.29 is 22.7 Å². The normalized spacial score (nSPS) is 14.8. The molecule has 182 valence electrons. The van der Waals surface area contributed by atoms with E-state index in [-0.39, 0.29) is 4.90 Å². The number of amides is 1. The lowest BCUT2D eigenvalue weighted by atomic mass is 10.3. The van der Waals surface area contributed by atoms with Crippen molar-refractivity contribution in [2.75, 3.05) is 64.1 Å². The zero-order valence-corrected chi connectivity index (χ0v) is 20.8. The zero-order valence-electron chi connectivity index (χ0n) is 19.2. The molecule has 1 N–H and O–H groups in total. The minimum atomic E-state index is -3.63. The molecule has 1 aliphatic rings. The Morgan fingerprint density at radius 3 is 2.38 bits per heavy atom. The number of hydrogen-bond donors (Lipinski definition) is 1. The molecule has 4 rings (SSSR count). The Hall–Kier alpha value is -2.89. The van der Waals surface area contributed by atoms with Crippen LogP contribution in [0.5, 0.6) is 11.5 Å². The first-order chi connectivity index (χ1) is 16.4. The zero-order chi connectivity index (χ0) is 24.1. The van der Waals surface area contributed by atoms with Gasteiger partial charge in [0.15, 0.2) is 15.0 Å². The van der Waals surface area contributed by atoms with Crippen molar-refractivity contribution in [2.24, 2.45) is 0 Å². The van der Waals surface area contributed by atoms with Crippen LogP contribution in [0.1, 0.15) is 0 Å². The third-order valence-corrected chi connectivity index (χ3v) is 8.48. The smallest absolute Gasteiger partial charge is 0.235 e. The Balaban J connectivity index is 1.26. The number of carbonyl (C=O) groups is 1. The van der Waals surface area contributed by atoms with Gasteiger partial charge < -0.3 is 19.7 Å². The van der Waals surface area contributed by atoms with E-state index in [1.165, 1.54) is 12.1 Å². The summed E-state index contributed by atoms with van der Waals surface area (Å²) in [5.74, 6) is 0.472. The van der Waals surface area contributed by atoms with Crippen LogP contribution in [0.15, 0.2) is 47.4 Å². The third-order valence-electron chi connectivity index (χ3n) is 5.72. The number of carbonyl (C=O) groups excluding carboxylic acids is 1. The molecule has 1 saturated heterocycles. The van der Waals surface area contributed by atoms with Gasteiger partial charge in [-0.2, -0.15) is 0 Å². The van der Waals surface area contributed by atoms with Crippen molar-refractivity contribution in [1.82, 2.24) is 15.2 Å². The van der Waals surface area contributed by atoms with Crippen molar-refractivity contribution in [3.63, 3.8) is 0 Å². The molecule has 1 aromatic heterocycles. The van der Waals surface area contributed by atoms with Crippen molar-refractivity contribution in [1.29, 1.82) is 0 Å². The molecular weight excluding hydrogens is 476 g/mol. The van der Waals surface area contributed by atoms with Crippen molar-refractivity contribution in [3.05, 3.63) is 42.5 Å². The van der Waals surface area contributed by atoms with Crippen molar-refractivity contribution >= 4 is 42.4 Å². The molecule has 1 aliphatic heterocycles. The molecule has 0 bridgehead atoms. The predicted octanol–water partition coefficient (Wildman–Crippen LogP) is 2.03. The maximum absolute atomic E-state index is 12.3. The Morgan fingerprint density at radius 2 is 1.71 bits per heavy atom. The lowest BCUT2D eigenvalue weighted by Crippen LogP contribution is -2.48. The van der Waals surface area contributed by atoms with E-state index in [9.17, 15) is 13.2 Å². The maximum atomic E-state index is 12.3. The summed E-state index contributed by atoms with van der Waals surface area (Å²) in [5.41, 5.74) is 0.803. The SMILES string of the molecule is COc1ccc(OC)c2sc(N3CCN(CCNC(=O)CS(=O)(=O)c4ccccc4)CC3)nc12. The second-order valence-corrected chi connectivity index (χ2v) is 10.9. The van der Waals surface area contributed by atoms with E-state index in [2.05, 4.69) is 15.1 Å². The molecule has 1 fully saturated rings. The van der Waals surface area contributed by atoms with Gasteiger partial charge in [-0.05, 0) is 24.3 Å². The average Bonchev–Trinajstić information content (AvgIpc) is 3.30. The van der Waals surface area contributed by atoms with Gasteiger partial charge in [-0.25, -0.2) is 13.4 Å². The molecule has 0 aliphatic carbocycles. The monoisotopic (exact) mass is 504 g/mol. The number of rotatable bonds is 9. The fourth-order valence-corrected chi connectivity index (χ4v) is 6.17. The fraction of sp³-hybridized carbons (Fsp3) is 0.391. The Bertz CT molecular complexity index is 1200. The van der Waals surface area contributed by atoms with Crippen LogP contribution < -0.4 is 19.7 Å². The van der Waals surface area contributed by atoms with E-state index in [1.54, 1.807) is 43.8 Å². The number of hydrogen-bond acceptors (Lipinski definition) is 9.